The lowest BCUT2D eigenvalue weighted by atomic mass is 10.2. The molecule has 206 valence electrons. The summed E-state index contributed by atoms with van der Waals surface area (Å²) in [5.74, 6) is 0.699. The Morgan fingerprint density at radius 2 is 1.85 bits per heavy atom. The van der Waals surface area contributed by atoms with Crippen LogP contribution in [0, 0.1) is 0 Å². The number of ether oxygens (including phenoxy) is 2. The van der Waals surface area contributed by atoms with Crippen LogP contribution in [0.5, 0.6) is 5.75 Å². The molecule has 1 N–H and O–H groups in total. The first-order valence-corrected chi connectivity index (χ1v) is 14.5. The van der Waals surface area contributed by atoms with Crippen LogP contribution in [-0.4, -0.2) is 60.9 Å². The van der Waals surface area contributed by atoms with E-state index in [0.29, 0.717) is 17.9 Å². The van der Waals surface area contributed by atoms with Gasteiger partial charge in [0.05, 0.1) is 12.1 Å². The molecule has 0 saturated carbocycles. The molecule has 0 spiro atoms. The maximum atomic E-state index is 12.5. The number of thiophene rings is 1. The van der Waals surface area contributed by atoms with Crippen LogP contribution in [0.1, 0.15) is 26.7 Å². The highest BCUT2D eigenvalue weighted by atomic mass is 32.1. The highest BCUT2D eigenvalue weighted by Gasteiger charge is 2.18. The summed E-state index contributed by atoms with van der Waals surface area (Å²) in [5, 5.41) is 7.08. The quantitative estimate of drug-likeness (QED) is 0.272. The number of carbonyl (C=O) groups is 1. The summed E-state index contributed by atoms with van der Waals surface area (Å²) < 4.78 is 14.1. The summed E-state index contributed by atoms with van der Waals surface area (Å²) in [5.41, 5.74) is 1.80. The molecule has 1 amide bonds. The van der Waals surface area contributed by atoms with Crippen LogP contribution in [0.4, 0.5) is 10.5 Å². The lowest BCUT2D eigenvalue weighted by Crippen LogP contribution is -2.46. The van der Waals surface area contributed by atoms with Crippen molar-refractivity contribution in [1.29, 1.82) is 0 Å². The first-order valence-electron chi connectivity index (χ1n) is 13.6. The number of fused-ring (bicyclic) bond motifs is 2. The summed E-state index contributed by atoms with van der Waals surface area (Å²) in [7, 11) is 0. The zero-order valence-electron chi connectivity index (χ0n) is 22.6. The van der Waals surface area contributed by atoms with Gasteiger partial charge in [-0.05, 0) is 80.4 Å². The zero-order valence-corrected chi connectivity index (χ0v) is 23.4. The van der Waals surface area contributed by atoms with Gasteiger partial charge >= 0.3 is 6.09 Å². The molecule has 0 unspecified atom stereocenters. The molecule has 0 atom stereocenters. The van der Waals surface area contributed by atoms with Crippen molar-refractivity contribution in [3.8, 4) is 5.75 Å². The predicted molar refractivity (Wildman–Crippen MR) is 158 cm³/mol. The van der Waals surface area contributed by atoms with E-state index in [4.69, 9.17) is 9.47 Å². The number of nitrogens with one attached hydrogen (secondary N) is 1. The van der Waals surface area contributed by atoms with Crippen LogP contribution in [0.25, 0.3) is 21.0 Å². The molecule has 39 heavy (non-hydrogen) atoms. The standard InChI is InChI=1S/C30H36N4O4S/c1-22(2)31-30(36)38-21-34-27-20-24(10-8-23(27)9-11-29(34)35)37-18-4-3-13-32-14-16-33(17-15-32)26-6-5-7-28-25(26)12-19-39-28/h5-12,19-20,22H,3-4,13-18,21H2,1-2H3,(H,31,36). The van der Waals surface area contributed by atoms with Gasteiger partial charge in [-0.1, -0.05) is 6.07 Å². The van der Waals surface area contributed by atoms with E-state index in [-0.39, 0.29) is 18.3 Å². The highest BCUT2D eigenvalue weighted by Crippen LogP contribution is 2.31. The van der Waals surface area contributed by atoms with Gasteiger partial charge in [-0.25, -0.2) is 4.79 Å². The third-order valence-electron chi connectivity index (χ3n) is 7.02. The van der Waals surface area contributed by atoms with Crippen LogP contribution in [0.15, 0.2) is 64.8 Å². The molecule has 0 radical (unpaired) electrons. The van der Waals surface area contributed by atoms with Gasteiger partial charge in [0.2, 0.25) is 0 Å². The van der Waals surface area contributed by atoms with Gasteiger partial charge in [0.1, 0.15) is 5.75 Å². The first-order chi connectivity index (χ1) is 19.0. The van der Waals surface area contributed by atoms with Crippen molar-refractivity contribution in [3.63, 3.8) is 0 Å². The van der Waals surface area contributed by atoms with E-state index in [1.807, 2.05) is 32.0 Å². The summed E-state index contributed by atoms with van der Waals surface area (Å²) in [4.78, 5) is 29.4. The van der Waals surface area contributed by atoms with E-state index in [1.165, 1.54) is 26.4 Å². The Kier molecular flexibility index (Phi) is 8.68. The molecule has 4 aromatic rings. The molecule has 1 aliphatic rings. The van der Waals surface area contributed by atoms with Gasteiger partial charge in [0.15, 0.2) is 6.73 Å². The average Bonchev–Trinajstić information content (AvgIpc) is 3.41. The molecule has 1 aliphatic heterocycles. The van der Waals surface area contributed by atoms with Crippen molar-refractivity contribution in [2.24, 2.45) is 0 Å². The molecule has 1 fully saturated rings. The molecular weight excluding hydrogens is 512 g/mol. The molecule has 9 heteroatoms. The Bertz CT molecular complexity index is 1470. The third kappa shape index (κ3) is 6.72. The van der Waals surface area contributed by atoms with Crippen LogP contribution in [0.2, 0.25) is 0 Å². The van der Waals surface area contributed by atoms with E-state index in [1.54, 1.807) is 17.4 Å². The second-order valence-electron chi connectivity index (χ2n) is 10.2. The number of amides is 1. The number of rotatable bonds is 10. The maximum Gasteiger partial charge on any atom is 0.409 e. The molecule has 5 rings (SSSR count). The molecule has 2 aromatic heterocycles. The Balaban J connectivity index is 1.08. The number of alkyl carbamates (subject to hydrolysis) is 1. The van der Waals surface area contributed by atoms with Crippen LogP contribution >= 0.6 is 11.3 Å². The minimum Gasteiger partial charge on any atom is -0.494 e. The van der Waals surface area contributed by atoms with Crippen molar-refractivity contribution < 1.29 is 14.3 Å². The van der Waals surface area contributed by atoms with Crippen LogP contribution < -0.4 is 20.5 Å². The van der Waals surface area contributed by atoms with E-state index < -0.39 is 6.09 Å². The smallest absolute Gasteiger partial charge is 0.409 e. The van der Waals surface area contributed by atoms with E-state index in [0.717, 1.165) is 51.0 Å². The van der Waals surface area contributed by atoms with Crippen molar-refractivity contribution in [1.82, 2.24) is 14.8 Å². The number of nitrogens with zero attached hydrogens (tertiary/aromatic N) is 3. The van der Waals surface area contributed by atoms with Gasteiger partial charge < -0.3 is 19.7 Å². The van der Waals surface area contributed by atoms with Crippen molar-refractivity contribution in [2.45, 2.75) is 39.5 Å². The van der Waals surface area contributed by atoms with E-state index in [2.05, 4.69) is 44.8 Å². The number of hydrogen-bond donors (Lipinski definition) is 1. The molecule has 1 saturated heterocycles. The molecule has 0 bridgehead atoms. The predicted octanol–water partition coefficient (Wildman–Crippen LogP) is 5.29. The topological polar surface area (TPSA) is 76.0 Å². The molecule has 2 aromatic carbocycles. The second kappa shape index (κ2) is 12.5. The number of benzene rings is 2. The number of aromatic nitrogens is 1. The number of anilines is 1. The van der Waals surface area contributed by atoms with Crippen molar-refractivity contribution in [3.05, 3.63) is 70.3 Å². The fourth-order valence-corrected chi connectivity index (χ4v) is 5.79. The molecular formula is C30H36N4O4S. The molecule has 8 nitrogen and oxygen atoms in total. The summed E-state index contributed by atoms with van der Waals surface area (Å²) in [6, 6.07) is 17.7. The fourth-order valence-electron chi connectivity index (χ4n) is 4.99. The van der Waals surface area contributed by atoms with Crippen LogP contribution in [0.3, 0.4) is 0 Å². The summed E-state index contributed by atoms with van der Waals surface area (Å²) >= 11 is 1.80. The summed E-state index contributed by atoms with van der Waals surface area (Å²) in [6.45, 7) is 9.45. The maximum absolute atomic E-state index is 12.5. The first kappa shape index (κ1) is 27.0. The normalized spacial score (nSPS) is 14.3. The average molecular weight is 549 g/mol. The molecule has 0 aliphatic carbocycles. The number of hydrogen-bond acceptors (Lipinski definition) is 7. The Hall–Kier alpha value is -3.56. The number of piperazine rings is 1. The van der Waals surface area contributed by atoms with Gasteiger partial charge in [-0.2, -0.15) is 0 Å². The SMILES string of the molecule is CC(C)NC(=O)OCn1c(=O)ccc2ccc(OCCCCN3CCN(c4cccc5sccc45)CC3)cc21. The summed E-state index contributed by atoms with van der Waals surface area (Å²) in [6.07, 6.45) is 1.46. The monoisotopic (exact) mass is 548 g/mol. The lowest BCUT2D eigenvalue weighted by molar-refractivity contribution is 0.112. The van der Waals surface area contributed by atoms with Gasteiger partial charge in [-0.15, -0.1) is 11.3 Å². The number of pyridine rings is 1. The second-order valence-corrected chi connectivity index (χ2v) is 11.1. The minimum atomic E-state index is -0.553. The highest BCUT2D eigenvalue weighted by molar-refractivity contribution is 7.17. The number of carbonyl (C=O) groups excluding carboxylic acids is 1. The van der Waals surface area contributed by atoms with Crippen molar-refractivity contribution >= 4 is 44.1 Å². The fraction of sp³-hybridized carbons (Fsp3) is 0.400. The Labute approximate surface area is 232 Å². The van der Waals surface area contributed by atoms with Gasteiger partial charge in [0.25, 0.3) is 5.56 Å². The van der Waals surface area contributed by atoms with Crippen LogP contribution in [-0.2, 0) is 11.5 Å². The lowest BCUT2D eigenvalue weighted by Gasteiger charge is -2.36. The zero-order chi connectivity index (χ0) is 27.2. The minimum absolute atomic E-state index is 0.0434. The van der Waals surface area contributed by atoms with Gasteiger partial charge in [0, 0.05) is 60.1 Å². The van der Waals surface area contributed by atoms with E-state index >= 15 is 0 Å². The number of unbranched alkanes of at least 4 members (excludes halogenated alkanes) is 1. The Morgan fingerprint density at radius 1 is 1.03 bits per heavy atom. The van der Waals surface area contributed by atoms with Crippen molar-refractivity contribution in [2.75, 3.05) is 44.2 Å². The Morgan fingerprint density at radius 3 is 2.67 bits per heavy atom. The third-order valence-corrected chi connectivity index (χ3v) is 7.90. The largest absolute Gasteiger partial charge is 0.494 e. The van der Waals surface area contributed by atoms with E-state index in [9.17, 15) is 9.59 Å². The molecule has 3 heterocycles. The van der Waals surface area contributed by atoms with Gasteiger partial charge in [-0.3, -0.25) is 14.3 Å².